The van der Waals surface area contributed by atoms with Crippen LogP contribution >= 0.6 is 11.8 Å². The molecular formula is C14H17N3O2S. The molecule has 20 heavy (non-hydrogen) atoms. The van der Waals surface area contributed by atoms with Gasteiger partial charge in [0.05, 0.1) is 30.2 Å². The maximum Gasteiger partial charge on any atom is 0.236 e. The van der Waals surface area contributed by atoms with Crippen molar-refractivity contribution in [2.24, 2.45) is 0 Å². The second-order valence-electron chi connectivity index (χ2n) is 4.73. The second kappa shape index (κ2) is 5.85. The Morgan fingerprint density at radius 3 is 3.00 bits per heavy atom. The Labute approximate surface area is 121 Å². The summed E-state index contributed by atoms with van der Waals surface area (Å²) in [5.41, 5.74) is 1.04. The molecule has 0 radical (unpaired) electrons. The van der Waals surface area contributed by atoms with Gasteiger partial charge in [0.25, 0.3) is 0 Å². The first kappa shape index (κ1) is 13.5. The van der Waals surface area contributed by atoms with Gasteiger partial charge in [-0.15, -0.1) is 0 Å². The molecule has 106 valence electrons. The molecule has 1 amide bonds. The van der Waals surface area contributed by atoms with Crippen LogP contribution in [-0.4, -0.2) is 51.7 Å². The Balaban J connectivity index is 1.71. The summed E-state index contributed by atoms with van der Waals surface area (Å²) in [5.74, 6) is 0.158. The largest absolute Gasteiger partial charge is 0.378 e. The molecule has 1 fully saturated rings. The molecule has 1 aliphatic heterocycles. The van der Waals surface area contributed by atoms with Crippen LogP contribution in [0, 0.1) is 0 Å². The molecule has 0 aliphatic carbocycles. The summed E-state index contributed by atoms with van der Waals surface area (Å²) < 4.78 is 7.28. The third-order valence-electron chi connectivity index (χ3n) is 3.36. The van der Waals surface area contributed by atoms with Gasteiger partial charge in [0.2, 0.25) is 5.91 Å². The van der Waals surface area contributed by atoms with Gasteiger partial charge in [-0.05, 0) is 19.1 Å². The van der Waals surface area contributed by atoms with Crippen molar-refractivity contribution in [1.82, 2.24) is 14.3 Å². The summed E-state index contributed by atoms with van der Waals surface area (Å²) in [6.45, 7) is 4.58. The molecule has 0 saturated carbocycles. The van der Waals surface area contributed by atoms with Gasteiger partial charge in [-0.25, -0.2) is 4.98 Å². The number of amides is 1. The highest BCUT2D eigenvalue weighted by atomic mass is 32.2. The Kier molecular flexibility index (Phi) is 3.93. The summed E-state index contributed by atoms with van der Waals surface area (Å²) in [4.78, 5) is 18.6. The van der Waals surface area contributed by atoms with Crippen molar-refractivity contribution < 1.29 is 9.53 Å². The van der Waals surface area contributed by atoms with Gasteiger partial charge in [-0.2, -0.15) is 0 Å². The number of imidazole rings is 1. The van der Waals surface area contributed by atoms with Crippen molar-refractivity contribution in [3.63, 3.8) is 0 Å². The number of hydrogen-bond acceptors (Lipinski definition) is 4. The van der Waals surface area contributed by atoms with Crippen molar-refractivity contribution in [3.05, 3.63) is 30.6 Å². The van der Waals surface area contributed by atoms with Crippen LogP contribution in [0.5, 0.6) is 0 Å². The maximum atomic E-state index is 12.4. The van der Waals surface area contributed by atoms with E-state index < -0.39 is 0 Å². The monoisotopic (exact) mass is 291 g/mol. The lowest BCUT2D eigenvalue weighted by molar-refractivity contribution is -0.134. The number of rotatable bonds is 3. The maximum absolute atomic E-state index is 12.4. The minimum Gasteiger partial charge on any atom is -0.378 e. The molecule has 2 aromatic heterocycles. The van der Waals surface area contributed by atoms with Crippen LogP contribution in [0.4, 0.5) is 0 Å². The second-order valence-corrected chi connectivity index (χ2v) is 6.04. The fourth-order valence-corrected chi connectivity index (χ4v) is 3.22. The van der Waals surface area contributed by atoms with E-state index in [-0.39, 0.29) is 11.2 Å². The predicted octanol–water partition coefficient (Wildman–Crippen LogP) is 1.67. The molecule has 0 unspecified atom stereocenters. The van der Waals surface area contributed by atoms with Gasteiger partial charge < -0.3 is 9.64 Å². The van der Waals surface area contributed by atoms with Crippen molar-refractivity contribution in [2.75, 3.05) is 26.3 Å². The van der Waals surface area contributed by atoms with Crippen molar-refractivity contribution in [3.8, 4) is 0 Å². The molecule has 0 bridgehead atoms. The van der Waals surface area contributed by atoms with Crippen molar-refractivity contribution in [1.29, 1.82) is 0 Å². The Morgan fingerprint density at radius 2 is 2.20 bits per heavy atom. The van der Waals surface area contributed by atoms with Gasteiger partial charge in [0.15, 0.2) is 5.16 Å². The highest BCUT2D eigenvalue weighted by Gasteiger charge is 2.24. The predicted molar refractivity (Wildman–Crippen MR) is 77.9 cm³/mol. The summed E-state index contributed by atoms with van der Waals surface area (Å²) >= 11 is 1.50. The minimum atomic E-state index is -0.140. The minimum absolute atomic E-state index is 0.140. The van der Waals surface area contributed by atoms with E-state index in [0.29, 0.717) is 26.3 Å². The van der Waals surface area contributed by atoms with Gasteiger partial charge in [0, 0.05) is 19.3 Å². The van der Waals surface area contributed by atoms with E-state index in [4.69, 9.17) is 4.74 Å². The molecule has 1 aliphatic rings. The number of pyridine rings is 1. The Bertz CT molecular complexity index is 607. The lowest BCUT2D eigenvalue weighted by atomic mass is 10.3. The van der Waals surface area contributed by atoms with Crippen LogP contribution in [0.15, 0.2) is 35.7 Å². The van der Waals surface area contributed by atoms with Gasteiger partial charge in [0.1, 0.15) is 0 Å². The number of carbonyl (C=O) groups excluding carboxylic acids is 1. The molecular weight excluding hydrogens is 274 g/mol. The molecule has 3 rings (SSSR count). The first-order chi connectivity index (χ1) is 9.75. The number of morpholine rings is 1. The van der Waals surface area contributed by atoms with Crippen LogP contribution in [-0.2, 0) is 9.53 Å². The van der Waals surface area contributed by atoms with Crippen LogP contribution < -0.4 is 0 Å². The molecule has 0 aromatic carbocycles. The molecule has 1 atom stereocenters. The lowest BCUT2D eigenvalue weighted by Gasteiger charge is -2.28. The summed E-state index contributed by atoms with van der Waals surface area (Å²) in [6.07, 6.45) is 3.80. The number of nitrogens with zero attached hydrogens (tertiary/aromatic N) is 3. The number of thioether (sulfide) groups is 1. The van der Waals surface area contributed by atoms with Crippen LogP contribution in [0.3, 0.4) is 0 Å². The SMILES string of the molecule is C[C@H](Sc1ncc2ccccn12)C(=O)N1CCOCC1. The van der Waals surface area contributed by atoms with Gasteiger partial charge in [-0.1, -0.05) is 17.8 Å². The smallest absolute Gasteiger partial charge is 0.236 e. The Morgan fingerprint density at radius 1 is 1.40 bits per heavy atom. The van der Waals surface area contributed by atoms with E-state index in [0.717, 1.165) is 10.7 Å². The molecule has 2 aromatic rings. The highest BCUT2D eigenvalue weighted by molar-refractivity contribution is 8.00. The summed E-state index contributed by atoms with van der Waals surface area (Å²) in [6, 6.07) is 5.95. The van der Waals surface area contributed by atoms with E-state index in [9.17, 15) is 4.79 Å². The number of ether oxygens (including phenoxy) is 1. The number of fused-ring (bicyclic) bond motifs is 1. The van der Waals surface area contributed by atoms with Gasteiger partial charge >= 0.3 is 0 Å². The standard InChI is InChI=1S/C14H17N3O2S/c1-11(13(18)16-6-8-19-9-7-16)20-14-15-10-12-4-2-3-5-17(12)14/h2-5,10-11H,6-9H2,1H3/t11-/m0/s1. The van der Waals surface area contributed by atoms with Crippen LogP contribution in [0.2, 0.25) is 0 Å². The quantitative estimate of drug-likeness (QED) is 0.807. The van der Waals surface area contributed by atoms with E-state index in [2.05, 4.69) is 4.98 Å². The van der Waals surface area contributed by atoms with E-state index in [1.807, 2.05) is 46.8 Å². The fourth-order valence-electron chi connectivity index (χ4n) is 2.26. The van der Waals surface area contributed by atoms with E-state index >= 15 is 0 Å². The lowest BCUT2D eigenvalue weighted by Crippen LogP contribution is -2.44. The third-order valence-corrected chi connectivity index (χ3v) is 4.43. The first-order valence-corrected chi connectivity index (χ1v) is 7.59. The molecule has 3 heterocycles. The van der Waals surface area contributed by atoms with Crippen LogP contribution in [0.25, 0.3) is 5.52 Å². The summed E-state index contributed by atoms with van der Waals surface area (Å²) in [5, 5.41) is 0.716. The van der Waals surface area contributed by atoms with Crippen LogP contribution in [0.1, 0.15) is 6.92 Å². The van der Waals surface area contributed by atoms with Gasteiger partial charge in [-0.3, -0.25) is 9.20 Å². The molecule has 5 nitrogen and oxygen atoms in total. The topological polar surface area (TPSA) is 46.8 Å². The third kappa shape index (κ3) is 2.66. The normalized spacial score (nSPS) is 17.4. The average Bonchev–Trinajstić information content (AvgIpc) is 2.91. The van der Waals surface area contributed by atoms with Crippen molar-refractivity contribution in [2.45, 2.75) is 17.3 Å². The first-order valence-electron chi connectivity index (χ1n) is 6.71. The number of aromatic nitrogens is 2. The van der Waals surface area contributed by atoms with Crippen molar-refractivity contribution >= 4 is 23.2 Å². The molecule has 0 N–H and O–H groups in total. The zero-order valence-corrected chi connectivity index (χ0v) is 12.2. The molecule has 1 saturated heterocycles. The average molecular weight is 291 g/mol. The molecule has 6 heteroatoms. The number of carbonyl (C=O) groups is 1. The molecule has 0 spiro atoms. The number of hydrogen-bond donors (Lipinski definition) is 0. The highest BCUT2D eigenvalue weighted by Crippen LogP contribution is 2.24. The zero-order valence-electron chi connectivity index (χ0n) is 11.4. The van der Waals surface area contributed by atoms with E-state index in [1.54, 1.807) is 0 Å². The zero-order chi connectivity index (χ0) is 13.9. The van der Waals surface area contributed by atoms with E-state index in [1.165, 1.54) is 11.8 Å². The Hall–Kier alpha value is -1.53. The summed E-state index contributed by atoms with van der Waals surface area (Å²) in [7, 11) is 0. The fraction of sp³-hybridized carbons (Fsp3) is 0.429.